The van der Waals surface area contributed by atoms with Crippen LogP contribution in [0.15, 0.2) is 0 Å². The minimum absolute atomic E-state index is 0.0302. The highest BCUT2D eigenvalue weighted by molar-refractivity contribution is 7.87. The van der Waals surface area contributed by atoms with E-state index < -0.39 is 10.2 Å². The number of nitrogens with one attached hydrogen (secondary N) is 1. The molecule has 0 aromatic heterocycles. The lowest BCUT2D eigenvalue weighted by molar-refractivity contribution is 0.213. The maximum absolute atomic E-state index is 12.8. The van der Waals surface area contributed by atoms with E-state index in [1.54, 1.807) is 4.31 Å². The first-order valence-corrected chi connectivity index (χ1v) is 9.89. The Morgan fingerprint density at radius 3 is 2.48 bits per heavy atom. The highest BCUT2D eigenvalue weighted by Crippen LogP contribution is 2.31. The van der Waals surface area contributed by atoms with Crippen molar-refractivity contribution in [3.8, 4) is 0 Å². The van der Waals surface area contributed by atoms with Gasteiger partial charge in [-0.1, -0.05) is 33.1 Å². The van der Waals surface area contributed by atoms with Crippen molar-refractivity contribution in [1.82, 2.24) is 9.03 Å². The van der Waals surface area contributed by atoms with Crippen LogP contribution in [0.1, 0.15) is 58.8 Å². The van der Waals surface area contributed by atoms with Crippen molar-refractivity contribution in [2.45, 2.75) is 70.9 Å². The van der Waals surface area contributed by atoms with E-state index in [2.05, 4.69) is 18.6 Å². The van der Waals surface area contributed by atoms with Gasteiger partial charge in [-0.25, -0.2) is 0 Å². The lowest BCUT2D eigenvalue weighted by Gasteiger charge is -2.39. The molecule has 3 N–H and O–H groups in total. The van der Waals surface area contributed by atoms with Crippen LogP contribution in [0.5, 0.6) is 0 Å². The molecular weight excluding hydrogens is 286 g/mol. The second kappa shape index (κ2) is 7.40. The molecule has 6 heteroatoms. The average molecular weight is 317 g/mol. The van der Waals surface area contributed by atoms with Gasteiger partial charge in [0.1, 0.15) is 0 Å². The molecule has 5 nitrogen and oxygen atoms in total. The van der Waals surface area contributed by atoms with Gasteiger partial charge < -0.3 is 5.73 Å². The van der Waals surface area contributed by atoms with Crippen molar-refractivity contribution in [2.24, 2.45) is 17.6 Å². The first-order chi connectivity index (χ1) is 9.95. The standard InChI is InChI=1S/C15H31N3O2S/c1-12(2)14-8-3-4-9-15(14)17-21(19,20)18-10-6-5-7-13(18)11-16/h12-15,17H,3-11,16H2,1-2H3. The van der Waals surface area contributed by atoms with Crippen LogP contribution < -0.4 is 10.5 Å². The molecule has 0 radical (unpaired) electrons. The fourth-order valence-electron chi connectivity index (χ4n) is 3.89. The predicted octanol–water partition coefficient (Wildman–Crippen LogP) is 1.85. The van der Waals surface area contributed by atoms with Crippen LogP contribution in [0.4, 0.5) is 0 Å². The molecule has 2 rings (SSSR count). The number of piperidine rings is 1. The minimum Gasteiger partial charge on any atom is -0.329 e. The van der Waals surface area contributed by atoms with Crippen LogP contribution in [0.25, 0.3) is 0 Å². The highest BCUT2D eigenvalue weighted by Gasteiger charge is 2.36. The van der Waals surface area contributed by atoms with Gasteiger partial charge >= 0.3 is 0 Å². The predicted molar refractivity (Wildman–Crippen MR) is 86.0 cm³/mol. The number of rotatable bonds is 5. The van der Waals surface area contributed by atoms with E-state index in [4.69, 9.17) is 5.73 Å². The number of nitrogens with zero attached hydrogens (tertiary/aromatic N) is 1. The Balaban J connectivity index is 2.08. The molecule has 1 saturated carbocycles. The molecule has 3 atom stereocenters. The Kier molecular flexibility index (Phi) is 6.05. The van der Waals surface area contributed by atoms with Gasteiger partial charge in [-0.2, -0.15) is 17.4 Å². The summed E-state index contributed by atoms with van der Waals surface area (Å²) in [6.07, 6.45) is 7.33. The third kappa shape index (κ3) is 4.18. The molecule has 2 fully saturated rings. The summed E-state index contributed by atoms with van der Waals surface area (Å²) in [5.74, 6) is 0.972. The molecule has 124 valence electrons. The molecule has 0 aromatic rings. The van der Waals surface area contributed by atoms with Crippen LogP contribution >= 0.6 is 0 Å². The Morgan fingerprint density at radius 2 is 1.81 bits per heavy atom. The van der Waals surface area contributed by atoms with Gasteiger partial charge in [-0.3, -0.25) is 0 Å². The fraction of sp³-hybridized carbons (Fsp3) is 1.00. The van der Waals surface area contributed by atoms with Gasteiger partial charge in [0, 0.05) is 25.2 Å². The zero-order chi connectivity index (χ0) is 15.5. The molecule has 1 aliphatic heterocycles. The van der Waals surface area contributed by atoms with Crippen molar-refractivity contribution in [3.63, 3.8) is 0 Å². The van der Waals surface area contributed by atoms with Crippen LogP contribution in [0.2, 0.25) is 0 Å². The van der Waals surface area contributed by atoms with Crippen LogP contribution in [-0.2, 0) is 10.2 Å². The van der Waals surface area contributed by atoms with Gasteiger partial charge in [0.15, 0.2) is 0 Å². The van der Waals surface area contributed by atoms with E-state index in [9.17, 15) is 8.42 Å². The minimum atomic E-state index is -3.41. The summed E-state index contributed by atoms with van der Waals surface area (Å²) < 4.78 is 30.1. The molecule has 0 amide bonds. The second-order valence-electron chi connectivity index (χ2n) is 6.92. The first kappa shape index (κ1) is 17.2. The molecule has 0 bridgehead atoms. The van der Waals surface area contributed by atoms with E-state index in [-0.39, 0.29) is 12.1 Å². The topological polar surface area (TPSA) is 75.4 Å². The summed E-state index contributed by atoms with van der Waals surface area (Å²) in [6.45, 7) is 5.41. The average Bonchev–Trinajstić information content (AvgIpc) is 2.47. The Hall–Kier alpha value is -0.170. The second-order valence-corrected chi connectivity index (χ2v) is 8.57. The van der Waals surface area contributed by atoms with Crippen molar-refractivity contribution in [2.75, 3.05) is 13.1 Å². The maximum Gasteiger partial charge on any atom is 0.280 e. The first-order valence-electron chi connectivity index (χ1n) is 8.45. The van der Waals surface area contributed by atoms with Crippen molar-refractivity contribution in [1.29, 1.82) is 0 Å². The smallest absolute Gasteiger partial charge is 0.280 e. The highest BCUT2D eigenvalue weighted by atomic mass is 32.2. The van der Waals surface area contributed by atoms with Gasteiger partial charge in [0.05, 0.1) is 0 Å². The molecule has 0 aromatic carbocycles. The molecule has 0 spiro atoms. The Labute approximate surface area is 129 Å². The van der Waals surface area contributed by atoms with Crippen LogP contribution in [0, 0.1) is 11.8 Å². The number of hydrogen-bond acceptors (Lipinski definition) is 3. The van der Waals surface area contributed by atoms with Gasteiger partial charge in [-0.05, 0) is 37.5 Å². The summed E-state index contributed by atoms with van der Waals surface area (Å²) in [5.41, 5.74) is 5.77. The van der Waals surface area contributed by atoms with E-state index >= 15 is 0 Å². The molecular formula is C15H31N3O2S. The van der Waals surface area contributed by atoms with E-state index in [0.717, 1.165) is 38.5 Å². The molecule has 3 unspecified atom stereocenters. The zero-order valence-corrected chi connectivity index (χ0v) is 14.2. The van der Waals surface area contributed by atoms with Crippen molar-refractivity contribution < 1.29 is 8.42 Å². The monoisotopic (exact) mass is 317 g/mol. The Bertz CT molecular complexity index is 425. The summed E-state index contributed by atoms with van der Waals surface area (Å²) in [7, 11) is -3.41. The third-order valence-corrected chi connectivity index (χ3v) is 6.83. The summed E-state index contributed by atoms with van der Waals surface area (Å²) in [5, 5.41) is 0. The van der Waals surface area contributed by atoms with E-state index in [0.29, 0.717) is 24.9 Å². The Morgan fingerprint density at radius 1 is 1.14 bits per heavy atom. The molecule has 2 aliphatic rings. The SMILES string of the molecule is CC(C)C1CCCCC1NS(=O)(=O)N1CCCCC1CN. The summed E-state index contributed by atoms with van der Waals surface area (Å²) in [4.78, 5) is 0. The van der Waals surface area contributed by atoms with Gasteiger partial charge in [0.2, 0.25) is 0 Å². The van der Waals surface area contributed by atoms with Gasteiger partial charge in [0.25, 0.3) is 10.2 Å². The summed E-state index contributed by atoms with van der Waals surface area (Å²) >= 11 is 0. The van der Waals surface area contributed by atoms with Crippen LogP contribution in [-0.4, -0.2) is 37.9 Å². The third-order valence-electron chi connectivity index (χ3n) is 5.13. The molecule has 1 heterocycles. The number of nitrogens with two attached hydrogens (primary N) is 1. The van der Waals surface area contributed by atoms with Crippen molar-refractivity contribution >= 4 is 10.2 Å². The quantitative estimate of drug-likeness (QED) is 0.812. The van der Waals surface area contributed by atoms with E-state index in [1.807, 2.05) is 0 Å². The fourth-order valence-corrected chi connectivity index (χ4v) is 5.65. The molecule has 1 saturated heterocycles. The lowest BCUT2D eigenvalue weighted by atomic mass is 9.78. The molecule has 21 heavy (non-hydrogen) atoms. The number of hydrogen-bond donors (Lipinski definition) is 2. The summed E-state index contributed by atoms with van der Waals surface area (Å²) in [6, 6.07) is 0.0569. The van der Waals surface area contributed by atoms with Gasteiger partial charge in [-0.15, -0.1) is 0 Å². The maximum atomic E-state index is 12.8. The van der Waals surface area contributed by atoms with E-state index in [1.165, 1.54) is 6.42 Å². The van der Waals surface area contributed by atoms with Crippen LogP contribution in [0.3, 0.4) is 0 Å². The zero-order valence-electron chi connectivity index (χ0n) is 13.4. The van der Waals surface area contributed by atoms with Crippen molar-refractivity contribution in [3.05, 3.63) is 0 Å². The normalized spacial score (nSPS) is 32.5. The lowest BCUT2D eigenvalue weighted by Crippen LogP contribution is -2.55. The largest absolute Gasteiger partial charge is 0.329 e. The molecule has 1 aliphatic carbocycles.